The van der Waals surface area contributed by atoms with Crippen LogP contribution in [0.5, 0.6) is 0 Å². The second-order valence-corrected chi connectivity index (χ2v) is 2.19. The Balaban J connectivity index is 0.000001000. The number of rotatable bonds is 0. The van der Waals surface area contributed by atoms with Crippen molar-refractivity contribution in [1.29, 1.82) is 0 Å². The highest BCUT2D eigenvalue weighted by Crippen LogP contribution is 1.88. The van der Waals surface area contributed by atoms with Crippen LogP contribution in [0.3, 0.4) is 0 Å². The Morgan fingerprint density at radius 2 is 2.18 bits per heavy atom. The Morgan fingerprint density at radius 3 is 2.64 bits per heavy atom. The summed E-state index contributed by atoms with van der Waals surface area (Å²) >= 11 is 0. The van der Waals surface area contributed by atoms with Crippen molar-refractivity contribution < 1.29 is 17.0 Å². The summed E-state index contributed by atoms with van der Waals surface area (Å²) in [5.74, 6) is 0.475. The van der Waals surface area contributed by atoms with Gasteiger partial charge in [0.05, 0.1) is 20.3 Å². The molecule has 5 heteroatoms. The van der Waals surface area contributed by atoms with Gasteiger partial charge in [0.25, 0.3) is 0 Å². The lowest BCUT2D eigenvalue weighted by atomic mass is 10.6. The first-order chi connectivity index (χ1) is 4.63. The van der Waals surface area contributed by atoms with Crippen molar-refractivity contribution in [2.75, 3.05) is 5.73 Å². The standard InChI is InChI=1S/C6H9N3O.ClH/c1-8-4-3-5(7)9(2)6(8)10;/h3-4,7H,1-2H3;1H. The van der Waals surface area contributed by atoms with Crippen LogP contribution in [0.15, 0.2) is 17.1 Å². The minimum atomic E-state index is -0.111. The van der Waals surface area contributed by atoms with Gasteiger partial charge in [0.2, 0.25) is 0 Å². The number of anilines is 1. The van der Waals surface area contributed by atoms with Crippen LogP contribution >= 0.6 is 0 Å². The third-order valence-electron chi connectivity index (χ3n) is 1.44. The van der Waals surface area contributed by atoms with E-state index in [0.717, 1.165) is 0 Å². The molecule has 0 aliphatic heterocycles. The fraction of sp³-hybridized carbons (Fsp3) is 0.333. The number of aryl methyl sites for hydroxylation is 1. The zero-order valence-corrected chi connectivity index (χ0v) is 7.17. The van der Waals surface area contributed by atoms with Gasteiger partial charge in [-0.15, -0.1) is 0 Å². The SMILES string of the molecule is Cn1c(N)cc[n+](C)c1=O.[Cl-]. The molecular weight excluding hydrogens is 166 g/mol. The number of nitrogen functional groups attached to an aromatic ring is 1. The Hall–Kier alpha value is -1.03. The second-order valence-electron chi connectivity index (χ2n) is 2.19. The van der Waals surface area contributed by atoms with E-state index in [2.05, 4.69) is 0 Å². The molecule has 0 saturated heterocycles. The Morgan fingerprint density at radius 1 is 1.64 bits per heavy atom. The molecule has 4 nitrogen and oxygen atoms in total. The van der Waals surface area contributed by atoms with E-state index in [-0.39, 0.29) is 18.1 Å². The van der Waals surface area contributed by atoms with Gasteiger partial charge in [-0.05, 0) is 0 Å². The predicted molar refractivity (Wildman–Crippen MR) is 37.3 cm³/mol. The van der Waals surface area contributed by atoms with Crippen molar-refractivity contribution in [2.45, 2.75) is 0 Å². The summed E-state index contributed by atoms with van der Waals surface area (Å²) in [7, 11) is 3.32. The van der Waals surface area contributed by atoms with Gasteiger partial charge in [-0.3, -0.25) is 0 Å². The maximum Gasteiger partial charge on any atom is 0.499 e. The molecule has 0 fully saturated rings. The highest BCUT2D eigenvalue weighted by atomic mass is 35.5. The Bertz CT molecular complexity index is 307. The van der Waals surface area contributed by atoms with Gasteiger partial charge in [0.1, 0.15) is 0 Å². The first-order valence-electron chi connectivity index (χ1n) is 2.94. The third kappa shape index (κ3) is 1.71. The van der Waals surface area contributed by atoms with Crippen LogP contribution in [0.25, 0.3) is 0 Å². The molecule has 0 amide bonds. The van der Waals surface area contributed by atoms with Crippen molar-refractivity contribution in [3.63, 3.8) is 0 Å². The van der Waals surface area contributed by atoms with Gasteiger partial charge in [0, 0.05) is 6.07 Å². The average Bonchev–Trinajstić information content (AvgIpc) is 1.93. The van der Waals surface area contributed by atoms with Crippen LogP contribution in [-0.4, -0.2) is 4.57 Å². The number of nitrogens with two attached hydrogens (primary N) is 1. The summed E-state index contributed by atoms with van der Waals surface area (Å²) in [4.78, 5) is 11.0. The van der Waals surface area contributed by atoms with Crippen LogP contribution in [0.1, 0.15) is 0 Å². The monoisotopic (exact) mass is 175 g/mol. The van der Waals surface area contributed by atoms with E-state index < -0.39 is 0 Å². The summed E-state index contributed by atoms with van der Waals surface area (Å²) in [6.07, 6.45) is 1.64. The molecule has 0 aliphatic carbocycles. The van der Waals surface area contributed by atoms with Crippen molar-refractivity contribution in [1.82, 2.24) is 4.57 Å². The molecule has 11 heavy (non-hydrogen) atoms. The molecule has 0 radical (unpaired) electrons. The van der Waals surface area contributed by atoms with E-state index in [0.29, 0.717) is 5.82 Å². The normalized spacial score (nSPS) is 8.91. The molecule has 0 atom stereocenters. The van der Waals surface area contributed by atoms with Gasteiger partial charge in [-0.1, -0.05) is 0 Å². The molecule has 0 aromatic carbocycles. The van der Waals surface area contributed by atoms with E-state index in [4.69, 9.17) is 5.73 Å². The molecular formula is C6H10ClN3O. The van der Waals surface area contributed by atoms with E-state index >= 15 is 0 Å². The summed E-state index contributed by atoms with van der Waals surface area (Å²) in [5, 5.41) is 0. The number of hydrogen-bond acceptors (Lipinski definition) is 2. The lowest BCUT2D eigenvalue weighted by Gasteiger charge is -1.94. The van der Waals surface area contributed by atoms with Crippen molar-refractivity contribution >= 4 is 5.82 Å². The predicted octanol–water partition coefficient (Wildman–Crippen LogP) is -4.20. The van der Waals surface area contributed by atoms with Crippen molar-refractivity contribution in [3.8, 4) is 0 Å². The molecule has 0 unspecified atom stereocenters. The summed E-state index contributed by atoms with van der Waals surface area (Å²) in [6, 6.07) is 1.68. The lowest BCUT2D eigenvalue weighted by Crippen LogP contribution is -3.00. The first-order valence-corrected chi connectivity index (χ1v) is 2.94. The van der Waals surface area contributed by atoms with Gasteiger partial charge in [-0.2, -0.15) is 9.36 Å². The van der Waals surface area contributed by atoms with Gasteiger partial charge < -0.3 is 18.1 Å². The summed E-state index contributed by atoms with van der Waals surface area (Å²) in [6.45, 7) is 0. The van der Waals surface area contributed by atoms with Gasteiger partial charge in [-0.25, -0.2) is 4.57 Å². The zero-order chi connectivity index (χ0) is 7.72. The highest BCUT2D eigenvalue weighted by Gasteiger charge is 2.04. The minimum Gasteiger partial charge on any atom is -1.00 e. The minimum absolute atomic E-state index is 0. The smallest absolute Gasteiger partial charge is 0.499 e. The number of aromatic nitrogens is 2. The summed E-state index contributed by atoms with van der Waals surface area (Å²) in [5.41, 5.74) is 5.33. The molecule has 1 heterocycles. The number of halogens is 1. The topological polar surface area (TPSA) is 51.9 Å². The maximum absolute atomic E-state index is 11.0. The molecule has 0 spiro atoms. The quantitative estimate of drug-likeness (QED) is 0.407. The Labute approximate surface area is 70.7 Å². The molecule has 62 valence electrons. The second kappa shape index (κ2) is 3.39. The largest absolute Gasteiger partial charge is 1.00 e. The van der Waals surface area contributed by atoms with E-state index in [1.165, 1.54) is 9.13 Å². The fourth-order valence-corrected chi connectivity index (χ4v) is 0.711. The fourth-order valence-electron chi connectivity index (χ4n) is 0.711. The molecule has 1 rings (SSSR count). The van der Waals surface area contributed by atoms with Crippen LogP contribution in [0.2, 0.25) is 0 Å². The molecule has 0 aliphatic rings. The highest BCUT2D eigenvalue weighted by molar-refractivity contribution is 5.23. The maximum atomic E-state index is 11.0. The van der Waals surface area contributed by atoms with E-state index in [1.807, 2.05) is 0 Å². The van der Waals surface area contributed by atoms with Crippen molar-refractivity contribution in [2.24, 2.45) is 14.1 Å². The third-order valence-corrected chi connectivity index (χ3v) is 1.44. The van der Waals surface area contributed by atoms with Crippen molar-refractivity contribution in [3.05, 3.63) is 22.7 Å². The van der Waals surface area contributed by atoms with Crippen LogP contribution < -0.4 is 28.4 Å². The van der Waals surface area contributed by atoms with E-state index in [9.17, 15) is 4.79 Å². The van der Waals surface area contributed by atoms with Crippen LogP contribution in [0.4, 0.5) is 5.82 Å². The molecule has 0 bridgehead atoms. The number of hydrogen-bond donors (Lipinski definition) is 1. The summed E-state index contributed by atoms with van der Waals surface area (Å²) < 4.78 is 2.86. The van der Waals surface area contributed by atoms with Crippen LogP contribution in [0, 0.1) is 0 Å². The first kappa shape index (κ1) is 9.97. The molecule has 0 saturated carbocycles. The molecule has 2 N–H and O–H groups in total. The lowest BCUT2D eigenvalue weighted by molar-refractivity contribution is -0.690. The molecule has 1 aromatic rings. The van der Waals surface area contributed by atoms with E-state index in [1.54, 1.807) is 26.4 Å². The average molecular weight is 176 g/mol. The number of nitrogens with zero attached hydrogens (tertiary/aromatic N) is 2. The van der Waals surface area contributed by atoms with Gasteiger partial charge >= 0.3 is 5.69 Å². The zero-order valence-electron chi connectivity index (χ0n) is 6.41. The van der Waals surface area contributed by atoms with Gasteiger partial charge in [0.15, 0.2) is 5.82 Å². The Kier molecular flexibility index (Phi) is 3.07. The van der Waals surface area contributed by atoms with Crippen LogP contribution in [-0.2, 0) is 14.1 Å². The molecule has 1 aromatic heterocycles.